The number of allylic oxidation sites excluding steroid dienone is 1. The number of urea groups is 1. The number of anilines is 2. The van der Waals surface area contributed by atoms with Crippen molar-refractivity contribution < 1.29 is 9.59 Å². The van der Waals surface area contributed by atoms with Crippen LogP contribution in [-0.2, 0) is 4.79 Å². The number of hydrogen-bond donors (Lipinski definition) is 3. The summed E-state index contributed by atoms with van der Waals surface area (Å²) in [6, 6.07) is 6.61. The summed E-state index contributed by atoms with van der Waals surface area (Å²) in [5.74, 6) is 0.269. The van der Waals surface area contributed by atoms with Crippen molar-refractivity contribution in [2.24, 2.45) is 5.92 Å². The fourth-order valence-corrected chi connectivity index (χ4v) is 1.35. The van der Waals surface area contributed by atoms with Crippen LogP contribution < -0.4 is 16.0 Å². The summed E-state index contributed by atoms with van der Waals surface area (Å²) in [5.41, 5.74) is 2.45. The predicted molar refractivity (Wildman–Crippen MR) is 81.5 cm³/mol. The van der Waals surface area contributed by atoms with Crippen LogP contribution in [0.25, 0.3) is 0 Å². The third-order valence-corrected chi connectivity index (χ3v) is 2.80. The molecule has 0 aliphatic carbocycles. The number of amides is 3. The maximum Gasteiger partial charge on any atom is 0.323 e. The first-order chi connectivity index (χ1) is 9.38. The van der Waals surface area contributed by atoms with Crippen molar-refractivity contribution in [3.63, 3.8) is 0 Å². The van der Waals surface area contributed by atoms with Gasteiger partial charge in [-0.2, -0.15) is 0 Å². The van der Waals surface area contributed by atoms with Gasteiger partial charge in [0, 0.05) is 24.5 Å². The molecule has 1 aromatic rings. The molecule has 0 aromatic heterocycles. The lowest BCUT2D eigenvalue weighted by molar-refractivity contribution is -0.114. The molecule has 0 heterocycles. The minimum Gasteiger partial charge on any atom is -0.326 e. The second kappa shape index (κ2) is 7.33. The highest BCUT2D eigenvalue weighted by atomic mass is 16.2. The SMILES string of the molecule is CC(=O)Nc1ccc(NC(=O)N/C=C(\C)C(C)C)cc1. The molecule has 3 N–H and O–H groups in total. The first kappa shape index (κ1) is 15.8. The zero-order valence-corrected chi connectivity index (χ0v) is 12.3. The zero-order chi connectivity index (χ0) is 15.1. The molecule has 0 aliphatic rings. The molecule has 108 valence electrons. The second-order valence-corrected chi connectivity index (χ2v) is 4.90. The van der Waals surface area contributed by atoms with Crippen molar-refractivity contribution in [1.29, 1.82) is 0 Å². The Morgan fingerprint density at radius 2 is 1.50 bits per heavy atom. The number of rotatable bonds is 4. The first-order valence-corrected chi connectivity index (χ1v) is 6.50. The van der Waals surface area contributed by atoms with E-state index < -0.39 is 0 Å². The van der Waals surface area contributed by atoms with E-state index in [0.717, 1.165) is 5.57 Å². The fourth-order valence-electron chi connectivity index (χ4n) is 1.35. The summed E-state index contributed by atoms with van der Waals surface area (Å²) < 4.78 is 0. The van der Waals surface area contributed by atoms with E-state index in [-0.39, 0.29) is 11.9 Å². The van der Waals surface area contributed by atoms with Gasteiger partial charge in [-0.05, 0) is 37.1 Å². The maximum atomic E-state index is 11.7. The highest BCUT2D eigenvalue weighted by Gasteiger charge is 2.02. The van der Waals surface area contributed by atoms with E-state index in [1.807, 2.05) is 6.92 Å². The average molecular weight is 275 g/mol. The van der Waals surface area contributed by atoms with Crippen LogP contribution >= 0.6 is 0 Å². The van der Waals surface area contributed by atoms with Gasteiger partial charge >= 0.3 is 6.03 Å². The molecular weight excluding hydrogens is 254 g/mol. The smallest absolute Gasteiger partial charge is 0.323 e. The lowest BCUT2D eigenvalue weighted by atomic mass is 10.1. The van der Waals surface area contributed by atoms with Crippen LogP contribution in [0.2, 0.25) is 0 Å². The van der Waals surface area contributed by atoms with Gasteiger partial charge in [0.25, 0.3) is 0 Å². The highest BCUT2D eigenvalue weighted by molar-refractivity contribution is 5.91. The number of nitrogens with one attached hydrogen (secondary N) is 3. The molecule has 0 unspecified atom stereocenters. The molecule has 0 fully saturated rings. The zero-order valence-electron chi connectivity index (χ0n) is 12.3. The van der Waals surface area contributed by atoms with Gasteiger partial charge in [0.1, 0.15) is 0 Å². The van der Waals surface area contributed by atoms with Crippen molar-refractivity contribution in [3.8, 4) is 0 Å². The third kappa shape index (κ3) is 5.56. The van der Waals surface area contributed by atoms with E-state index in [2.05, 4.69) is 29.8 Å². The van der Waals surface area contributed by atoms with Gasteiger partial charge in [0.15, 0.2) is 0 Å². The quantitative estimate of drug-likeness (QED) is 0.788. The molecule has 0 radical (unpaired) electrons. The van der Waals surface area contributed by atoms with E-state index in [1.54, 1.807) is 30.5 Å². The molecular formula is C15H21N3O2. The fraction of sp³-hybridized carbons (Fsp3) is 0.333. The Bertz CT molecular complexity index is 504. The van der Waals surface area contributed by atoms with Crippen molar-refractivity contribution in [2.75, 3.05) is 10.6 Å². The number of hydrogen-bond acceptors (Lipinski definition) is 2. The standard InChI is InChI=1S/C15H21N3O2/c1-10(2)11(3)9-16-15(20)18-14-7-5-13(6-8-14)17-12(4)19/h5-10H,1-4H3,(H,17,19)(H2,16,18,20)/b11-9+. The summed E-state index contributed by atoms with van der Waals surface area (Å²) >= 11 is 0. The van der Waals surface area contributed by atoms with E-state index in [4.69, 9.17) is 0 Å². The van der Waals surface area contributed by atoms with Crippen molar-refractivity contribution in [2.45, 2.75) is 27.7 Å². The molecule has 0 spiro atoms. The van der Waals surface area contributed by atoms with E-state index in [9.17, 15) is 9.59 Å². The Morgan fingerprint density at radius 1 is 1.00 bits per heavy atom. The molecule has 0 saturated carbocycles. The van der Waals surface area contributed by atoms with Gasteiger partial charge < -0.3 is 16.0 Å². The molecule has 5 nitrogen and oxygen atoms in total. The monoisotopic (exact) mass is 275 g/mol. The van der Waals surface area contributed by atoms with Crippen LogP contribution in [-0.4, -0.2) is 11.9 Å². The molecule has 0 aliphatic heterocycles. The first-order valence-electron chi connectivity index (χ1n) is 6.50. The van der Waals surface area contributed by atoms with Crippen LogP contribution in [0.15, 0.2) is 36.0 Å². The topological polar surface area (TPSA) is 70.2 Å². The van der Waals surface area contributed by atoms with Crippen LogP contribution in [0.4, 0.5) is 16.2 Å². The van der Waals surface area contributed by atoms with Gasteiger partial charge in [-0.3, -0.25) is 4.79 Å². The Hall–Kier alpha value is -2.30. The molecule has 0 saturated heterocycles. The van der Waals surface area contributed by atoms with Crippen molar-refractivity contribution >= 4 is 23.3 Å². The summed E-state index contributed by atoms with van der Waals surface area (Å²) in [7, 11) is 0. The molecule has 20 heavy (non-hydrogen) atoms. The Kier molecular flexibility index (Phi) is 5.77. The van der Waals surface area contributed by atoms with Gasteiger partial charge in [0.2, 0.25) is 5.91 Å². The lowest BCUT2D eigenvalue weighted by Crippen LogP contribution is -2.24. The molecule has 5 heteroatoms. The highest BCUT2D eigenvalue weighted by Crippen LogP contribution is 2.13. The molecule has 3 amide bonds. The molecule has 1 aromatic carbocycles. The summed E-state index contributed by atoms with van der Waals surface area (Å²) in [6.07, 6.45) is 1.70. The normalized spacial score (nSPS) is 11.2. The minimum atomic E-state index is -0.294. The van der Waals surface area contributed by atoms with Gasteiger partial charge in [0.05, 0.1) is 0 Å². The van der Waals surface area contributed by atoms with E-state index in [0.29, 0.717) is 17.3 Å². The molecule has 1 rings (SSSR count). The number of carbonyl (C=O) groups excluding carboxylic acids is 2. The Labute approximate surface area is 119 Å². The summed E-state index contributed by atoms with van der Waals surface area (Å²) in [4.78, 5) is 22.5. The third-order valence-electron chi connectivity index (χ3n) is 2.80. The number of carbonyl (C=O) groups is 2. The molecule has 0 atom stereocenters. The van der Waals surface area contributed by atoms with Gasteiger partial charge in [-0.25, -0.2) is 4.79 Å². The number of benzene rings is 1. The summed E-state index contributed by atoms with van der Waals surface area (Å²) in [6.45, 7) is 7.54. The van der Waals surface area contributed by atoms with Crippen LogP contribution in [0.3, 0.4) is 0 Å². The van der Waals surface area contributed by atoms with E-state index >= 15 is 0 Å². The van der Waals surface area contributed by atoms with Crippen molar-refractivity contribution in [1.82, 2.24) is 5.32 Å². The largest absolute Gasteiger partial charge is 0.326 e. The Morgan fingerprint density at radius 3 is 1.95 bits per heavy atom. The predicted octanol–water partition coefficient (Wildman–Crippen LogP) is 3.33. The van der Waals surface area contributed by atoms with Crippen LogP contribution in [0.5, 0.6) is 0 Å². The maximum absolute atomic E-state index is 11.7. The van der Waals surface area contributed by atoms with Crippen LogP contribution in [0.1, 0.15) is 27.7 Å². The van der Waals surface area contributed by atoms with E-state index in [1.165, 1.54) is 6.92 Å². The lowest BCUT2D eigenvalue weighted by Gasteiger charge is -2.08. The van der Waals surface area contributed by atoms with Gasteiger partial charge in [-0.15, -0.1) is 0 Å². The molecule has 0 bridgehead atoms. The van der Waals surface area contributed by atoms with Crippen molar-refractivity contribution in [3.05, 3.63) is 36.0 Å². The second-order valence-electron chi connectivity index (χ2n) is 4.90. The summed E-state index contributed by atoms with van der Waals surface area (Å²) in [5, 5.41) is 8.05. The Balaban J connectivity index is 2.54. The van der Waals surface area contributed by atoms with Crippen LogP contribution in [0, 0.1) is 5.92 Å². The average Bonchev–Trinajstić information content (AvgIpc) is 2.37. The van der Waals surface area contributed by atoms with Gasteiger partial charge in [-0.1, -0.05) is 19.4 Å². The minimum absolute atomic E-state index is 0.127.